The van der Waals surface area contributed by atoms with Crippen molar-refractivity contribution in [3.8, 4) is 11.4 Å². The molecule has 4 rings (SSSR count). The van der Waals surface area contributed by atoms with Crippen molar-refractivity contribution in [3.05, 3.63) is 47.9 Å². The Hall–Kier alpha value is -2.93. The van der Waals surface area contributed by atoms with Crippen LogP contribution in [-0.4, -0.2) is 30.4 Å². The van der Waals surface area contributed by atoms with Gasteiger partial charge >= 0.3 is 0 Å². The van der Waals surface area contributed by atoms with E-state index in [0.29, 0.717) is 22.4 Å². The van der Waals surface area contributed by atoms with E-state index in [2.05, 4.69) is 35.7 Å². The molecule has 22 heavy (non-hydrogen) atoms. The van der Waals surface area contributed by atoms with Crippen molar-refractivity contribution in [2.24, 2.45) is 0 Å². The third-order valence-corrected chi connectivity index (χ3v) is 3.47. The van der Waals surface area contributed by atoms with Crippen molar-refractivity contribution in [1.29, 1.82) is 0 Å². The van der Waals surface area contributed by atoms with Crippen LogP contribution in [0.25, 0.3) is 22.3 Å². The number of aromatic nitrogens is 6. The van der Waals surface area contributed by atoms with Crippen LogP contribution in [0.1, 0.15) is 0 Å². The summed E-state index contributed by atoms with van der Waals surface area (Å²) in [5.41, 5.74) is 2.95. The lowest BCUT2D eigenvalue weighted by molar-refractivity contribution is 1.09. The van der Waals surface area contributed by atoms with Crippen LogP contribution in [0.2, 0.25) is 5.02 Å². The summed E-state index contributed by atoms with van der Waals surface area (Å²) in [6.45, 7) is 0. The number of aromatic amines is 2. The quantitative estimate of drug-likeness (QED) is 0.540. The number of fused-ring (bicyclic) bond motifs is 1. The van der Waals surface area contributed by atoms with E-state index in [1.54, 1.807) is 18.6 Å². The van der Waals surface area contributed by atoms with Gasteiger partial charge < -0.3 is 5.32 Å². The van der Waals surface area contributed by atoms with Gasteiger partial charge in [0.15, 0.2) is 0 Å². The highest BCUT2D eigenvalue weighted by atomic mass is 35.5. The molecule has 0 atom stereocenters. The van der Waals surface area contributed by atoms with Gasteiger partial charge in [0.25, 0.3) is 0 Å². The minimum absolute atomic E-state index is 0.424. The second-order valence-electron chi connectivity index (χ2n) is 4.62. The van der Waals surface area contributed by atoms with Gasteiger partial charge in [0, 0.05) is 11.6 Å². The molecule has 0 fully saturated rings. The average molecular weight is 312 g/mol. The van der Waals surface area contributed by atoms with E-state index in [4.69, 9.17) is 11.6 Å². The molecule has 0 bridgehead atoms. The van der Waals surface area contributed by atoms with Crippen LogP contribution in [0.4, 0.5) is 11.6 Å². The van der Waals surface area contributed by atoms with E-state index in [1.165, 1.54) is 0 Å². The van der Waals surface area contributed by atoms with Gasteiger partial charge in [0.05, 0.1) is 28.6 Å². The Morgan fingerprint density at radius 3 is 2.86 bits per heavy atom. The number of nitrogens with one attached hydrogen (secondary N) is 3. The topological polar surface area (TPSA) is 95.2 Å². The van der Waals surface area contributed by atoms with Crippen LogP contribution >= 0.6 is 11.6 Å². The molecule has 0 saturated heterocycles. The monoisotopic (exact) mass is 311 g/mol. The number of anilines is 2. The Morgan fingerprint density at radius 2 is 2.00 bits per heavy atom. The van der Waals surface area contributed by atoms with Gasteiger partial charge in [-0.15, -0.1) is 0 Å². The fraction of sp³-hybridized carbons (Fsp3) is 0. The molecule has 3 N–H and O–H groups in total. The molecule has 1 aromatic carbocycles. The number of nitrogens with zero attached hydrogens (tertiary/aromatic N) is 4. The average Bonchev–Trinajstić information content (AvgIpc) is 3.19. The fourth-order valence-electron chi connectivity index (χ4n) is 2.19. The molecule has 4 aromatic rings. The molecular formula is C14H10ClN7. The minimum atomic E-state index is 0.424. The Morgan fingerprint density at radius 1 is 1.09 bits per heavy atom. The van der Waals surface area contributed by atoms with Gasteiger partial charge in [-0.2, -0.15) is 10.2 Å². The van der Waals surface area contributed by atoms with Crippen LogP contribution in [0.5, 0.6) is 0 Å². The number of hydrogen-bond donors (Lipinski definition) is 3. The van der Waals surface area contributed by atoms with Crippen molar-refractivity contribution in [2.45, 2.75) is 0 Å². The zero-order chi connectivity index (χ0) is 14.9. The standard InChI is InChI=1S/C14H10ClN7/c15-10-7-16-14(19-8-5-17-18-6-8)20-13(10)12-9-3-1-2-4-11(9)21-22-12/h1-7H,(H,17,18)(H,21,22)(H,16,19,20). The normalized spacial score (nSPS) is 11.0. The first kappa shape index (κ1) is 12.8. The summed E-state index contributed by atoms with van der Waals surface area (Å²) >= 11 is 6.24. The number of benzene rings is 1. The summed E-state index contributed by atoms with van der Waals surface area (Å²) in [7, 11) is 0. The van der Waals surface area contributed by atoms with Gasteiger partial charge in [-0.25, -0.2) is 9.97 Å². The Bertz CT molecular complexity index is 929. The lowest BCUT2D eigenvalue weighted by Crippen LogP contribution is -1.98. The maximum atomic E-state index is 6.24. The summed E-state index contributed by atoms with van der Waals surface area (Å²) in [5.74, 6) is 0.424. The summed E-state index contributed by atoms with van der Waals surface area (Å²) in [5, 5.41) is 18.3. The van der Waals surface area contributed by atoms with Crippen LogP contribution < -0.4 is 5.32 Å². The molecule has 3 heterocycles. The maximum absolute atomic E-state index is 6.24. The third-order valence-electron chi connectivity index (χ3n) is 3.19. The molecule has 0 saturated carbocycles. The van der Waals surface area contributed by atoms with Crippen LogP contribution in [0.3, 0.4) is 0 Å². The smallest absolute Gasteiger partial charge is 0.227 e. The zero-order valence-corrected chi connectivity index (χ0v) is 12.0. The summed E-state index contributed by atoms with van der Waals surface area (Å²) in [6, 6.07) is 7.81. The molecule has 0 aliphatic carbocycles. The molecule has 3 aromatic heterocycles. The van der Waals surface area contributed by atoms with E-state index < -0.39 is 0 Å². The number of para-hydroxylation sites is 1. The molecule has 0 aliphatic heterocycles. The van der Waals surface area contributed by atoms with Crippen molar-refractivity contribution in [3.63, 3.8) is 0 Å². The predicted octanol–water partition coefficient (Wildman–Crippen LogP) is 3.14. The van der Waals surface area contributed by atoms with E-state index in [1.807, 2.05) is 24.3 Å². The van der Waals surface area contributed by atoms with Crippen molar-refractivity contribution in [1.82, 2.24) is 30.4 Å². The van der Waals surface area contributed by atoms with E-state index in [-0.39, 0.29) is 0 Å². The zero-order valence-electron chi connectivity index (χ0n) is 11.2. The molecule has 0 amide bonds. The predicted molar refractivity (Wildman–Crippen MR) is 84.0 cm³/mol. The number of H-pyrrole nitrogens is 2. The minimum Gasteiger partial charge on any atom is -0.321 e. The van der Waals surface area contributed by atoms with Gasteiger partial charge in [0.2, 0.25) is 5.95 Å². The summed E-state index contributed by atoms with van der Waals surface area (Å²) in [4.78, 5) is 8.63. The van der Waals surface area contributed by atoms with Gasteiger partial charge in [-0.3, -0.25) is 10.2 Å². The highest BCUT2D eigenvalue weighted by Crippen LogP contribution is 2.30. The highest BCUT2D eigenvalue weighted by molar-refractivity contribution is 6.33. The first-order chi connectivity index (χ1) is 10.8. The second-order valence-corrected chi connectivity index (χ2v) is 5.03. The summed E-state index contributed by atoms with van der Waals surface area (Å²) in [6.07, 6.45) is 4.90. The molecule has 0 spiro atoms. The molecule has 0 radical (unpaired) electrons. The SMILES string of the molecule is Clc1cnc(Nc2cn[nH]c2)nc1-c1n[nH]c2ccccc12. The molecular weight excluding hydrogens is 302 g/mol. The van der Waals surface area contributed by atoms with Crippen molar-refractivity contribution >= 4 is 34.1 Å². The molecule has 7 nitrogen and oxygen atoms in total. The van der Waals surface area contributed by atoms with Crippen molar-refractivity contribution in [2.75, 3.05) is 5.32 Å². The van der Waals surface area contributed by atoms with Crippen molar-refractivity contribution < 1.29 is 0 Å². The van der Waals surface area contributed by atoms with E-state index in [0.717, 1.165) is 16.6 Å². The van der Waals surface area contributed by atoms with Gasteiger partial charge in [-0.1, -0.05) is 29.8 Å². The van der Waals surface area contributed by atoms with Crippen LogP contribution in [0.15, 0.2) is 42.9 Å². The number of halogens is 1. The molecule has 108 valence electrons. The summed E-state index contributed by atoms with van der Waals surface area (Å²) < 4.78 is 0. The Kier molecular flexibility index (Phi) is 2.97. The van der Waals surface area contributed by atoms with E-state index >= 15 is 0 Å². The Balaban J connectivity index is 1.80. The largest absolute Gasteiger partial charge is 0.321 e. The van der Waals surface area contributed by atoms with Crippen LogP contribution in [-0.2, 0) is 0 Å². The van der Waals surface area contributed by atoms with Gasteiger partial charge in [-0.05, 0) is 6.07 Å². The lowest BCUT2D eigenvalue weighted by atomic mass is 10.1. The lowest BCUT2D eigenvalue weighted by Gasteiger charge is -2.05. The van der Waals surface area contributed by atoms with Crippen LogP contribution in [0, 0.1) is 0 Å². The highest BCUT2D eigenvalue weighted by Gasteiger charge is 2.14. The molecule has 8 heteroatoms. The Labute approximate surface area is 129 Å². The number of hydrogen-bond acceptors (Lipinski definition) is 5. The van der Waals surface area contributed by atoms with Gasteiger partial charge in [0.1, 0.15) is 11.4 Å². The molecule has 0 aliphatic rings. The first-order valence-electron chi connectivity index (χ1n) is 6.53. The maximum Gasteiger partial charge on any atom is 0.227 e. The number of rotatable bonds is 3. The fourth-order valence-corrected chi connectivity index (χ4v) is 2.37. The third kappa shape index (κ3) is 2.17. The second kappa shape index (κ2) is 5.12. The molecule has 0 unspecified atom stereocenters. The first-order valence-corrected chi connectivity index (χ1v) is 6.91. The van der Waals surface area contributed by atoms with E-state index in [9.17, 15) is 0 Å².